The van der Waals surface area contributed by atoms with Gasteiger partial charge in [0.05, 0.1) is 0 Å². The largest absolute Gasteiger partial charge is 0.474 e. The molecule has 0 aliphatic carbocycles. The summed E-state index contributed by atoms with van der Waals surface area (Å²) in [6.45, 7) is 2.41. The van der Waals surface area contributed by atoms with Gasteiger partial charge < -0.3 is 10.4 Å². The fourth-order valence-electron chi connectivity index (χ4n) is 0.454. The van der Waals surface area contributed by atoms with E-state index in [0.717, 1.165) is 12.8 Å². The minimum Gasteiger partial charge on any atom is -0.474 e. The molecule has 0 rings (SSSR count). The lowest BCUT2D eigenvalue weighted by molar-refractivity contribution is -0.150. The fraction of sp³-hybridized carbons (Fsp3) is 0.667. The third-order valence-electron chi connectivity index (χ3n) is 1.01. The molecule has 0 aromatic heterocycles. The Hall–Kier alpha value is -1.06. The van der Waals surface area contributed by atoms with E-state index in [9.17, 15) is 9.59 Å². The van der Waals surface area contributed by atoms with Gasteiger partial charge >= 0.3 is 11.9 Å². The Labute approximate surface area is 59.2 Å². The third-order valence-corrected chi connectivity index (χ3v) is 1.01. The molecule has 0 aliphatic rings. The number of aliphatic carboxylic acids is 1. The van der Waals surface area contributed by atoms with Crippen molar-refractivity contribution < 1.29 is 14.7 Å². The lowest BCUT2D eigenvalue weighted by atomic mass is 10.3. The number of rotatable bonds is 3. The summed E-state index contributed by atoms with van der Waals surface area (Å²) in [5.74, 6) is -2.34. The molecule has 0 fully saturated rings. The van der Waals surface area contributed by atoms with Crippen molar-refractivity contribution in [2.75, 3.05) is 6.54 Å². The van der Waals surface area contributed by atoms with Gasteiger partial charge in [-0.15, -0.1) is 0 Å². The first-order valence-corrected chi connectivity index (χ1v) is 3.19. The molecule has 1 amide bonds. The number of amides is 1. The highest BCUT2D eigenvalue weighted by molar-refractivity contribution is 6.31. The van der Waals surface area contributed by atoms with Crippen molar-refractivity contribution in [2.24, 2.45) is 0 Å². The molecule has 0 spiro atoms. The van der Waals surface area contributed by atoms with Crippen molar-refractivity contribution in [1.29, 1.82) is 0 Å². The van der Waals surface area contributed by atoms with E-state index in [2.05, 4.69) is 5.32 Å². The van der Waals surface area contributed by atoms with Crippen LogP contribution in [0.3, 0.4) is 0 Å². The molecule has 0 heterocycles. The van der Waals surface area contributed by atoms with Gasteiger partial charge in [-0.1, -0.05) is 13.3 Å². The summed E-state index contributed by atoms with van der Waals surface area (Å²) in [4.78, 5) is 20.2. The predicted octanol–water partition coefficient (Wildman–Crippen LogP) is -0.0127. The van der Waals surface area contributed by atoms with Gasteiger partial charge in [-0.05, 0) is 6.42 Å². The van der Waals surface area contributed by atoms with E-state index in [1.165, 1.54) is 0 Å². The topological polar surface area (TPSA) is 66.4 Å². The van der Waals surface area contributed by atoms with Crippen LogP contribution in [0.1, 0.15) is 19.8 Å². The summed E-state index contributed by atoms with van der Waals surface area (Å²) in [6.07, 6.45) is 1.76. The summed E-state index contributed by atoms with van der Waals surface area (Å²) >= 11 is 0. The normalized spacial score (nSPS) is 8.90. The maximum Gasteiger partial charge on any atom is 0.394 e. The minimum absolute atomic E-state index is 0.446. The average Bonchev–Trinajstić information content (AvgIpc) is 1.88. The maximum absolute atomic E-state index is 10.3. The molecule has 0 aromatic carbocycles. The molecule has 10 heavy (non-hydrogen) atoms. The first-order valence-electron chi connectivity index (χ1n) is 3.19. The molecule has 2 N–H and O–H groups in total. The minimum atomic E-state index is -1.42. The van der Waals surface area contributed by atoms with E-state index in [1.807, 2.05) is 6.92 Å². The molecular formula is C6H11NO3. The van der Waals surface area contributed by atoms with Gasteiger partial charge in [0.2, 0.25) is 0 Å². The summed E-state index contributed by atoms with van der Waals surface area (Å²) < 4.78 is 0. The fourth-order valence-corrected chi connectivity index (χ4v) is 0.454. The van der Waals surface area contributed by atoms with Crippen LogP contribution in [-0.2, 0) is 9.59 Å². The molecule has 4 heteroatoms. The van der Waals surface area contributed by atoms with Gasteiger partial charge in [-0.25, -0.2) is 4.79 Å². The lowest BCUT2D eigenvalue weighted by Gasteiger charge is -1.97. The smallest absolute Gasteiger partial charge is 0.394 e. The highest BCUT2D eigenvalue weighted by atomic mass is 16.4. The molecule has 0 saturated carbocycles. The number of carboxylic acids is 1. The van der Waals surface area contributed by atoms with Gasteiger partial charge in [0.25, 0.3) is 0 Å². The maximum atomic E-state index is 10.3. The summed E-state index contributed by atoms with van der Waals surface area (Å²) in [6, 6.07) is 0. The van der Waals surface area contributed by atoms with Crippen molar-refractivity contribution in [3.63, 3.8) is 0 Å². The van der Waals surface area contributed by atoms with Crippen molar-refractivity contribution >= 4 is 11.9 Å². The van der Waals surface area contributed by atoms with Crippen LogP contribution < -0.4 is 5.32 Å². The van der Waals surface area contributed by atoms with Crippen molar-refractivity contribution in [3.8, 4) is 0 Å². The van der Waals surface area contributed by atoms with Crippen molar-refractivity contribution in [3.05, 3.63) is 0 Å². The van der Waals surface area contributed by atoms with Gasteiger partial charge in [-0.2, -0.15) is 0 Å². The summed E-state index contributed by atoms with van der Waals surface area (Å²) in [7, 11) is 0. The average molecular weight is 145 g/mol. The van der Waals surface area contributed by atoms with Gasteiger partial charge in [0.1, 0.15) is 0 Å². The number of hydrogen-bond donors (Lipinski definition) is 2. The van der Waals surface area contributed by atoms with E-state index in [-0.39, 0.29) is 0 Å². The van der Waals surface area contributed by atoms with Crippen molar-refractivity contribution in [2.45, 2.75) is 19.8 Å². The quantitative estimate of drug-likeness (QED) is 0.433. The van der Waals surface area contributed by atoms with Crippen molar-refractivity contribution in [1.82, 2.24) is 5.32 Å². The van der Waals surface area contributed by atoms with E-state index >= 15 is 0 Å². The molecule has 0 radical (unpaired) electrons. The SMILES string of the molecule is CCCCNC(=O)C(=O)O. The second kappa shape index (κ2) is 4.78. The summed E-state index contributed by atoms with van der Waals surface area (Å²) in [5.41, 5.74) is 0. The molecule has 4 nitrogen and oxygen atoms in total. The Kier molecular flexibility index (Phi) is 4.28. The van der Waals surface area contributed by atoms with Crippen LogP contribution in [0.15, 0.2) is 0 Å². The Morgan fingerprint density at radius 2 is 2.10 bits per heavy atom. The highest BCUT2D eigenvalue weighted by Gasteiger charge is 2.07. The van der Waals surface area contributed by atoms with E-state index in [0.29, 0.717) is 6.54 Å². The van der Waals surface area contributed by atoms with Crippen LogP contribution in [0.5, 0.6) is 0 Å². The molecule has 0 unspecified atom stereocenters. The number of carbonyl (C=O) groups excluding carboxylic acids is 1. The van der Waals surface area contributed by atoms with Crippen LogP contribution in [-0.4, -0.2) is 23.5 Å². The Morgan fingerprint density at radius 1 is 1.50 bits per heavy atom. The lowest BCUT2D eigenvalue weighted by Crippen LogP contribution is -2.31. The first-order chi connectivity index (χ1) is 4.68. The first kappa shape index (κ1) is 8.94. The number of nitrogens with one attached hydrogen (secondary N) is 1. The molecular weight excluding hydrogens is 134 g/mol. The van der Waals surface area contributed by atoms with Crippen LogP contribution in [0, 0.1) is 0 Å². The molecule has 0 atom stereocenters. The van der Waals surface area contributed by atoms with Crippen LogP contribution >= 0.6 is 0 Å². The third kappa shape index (κ3) is 3.88. The zero-order valence-electron chi connectivity index (χ0n) is 5.89. The Bertz CT molecular complexity index is 133. The zero-order valence-corrected chi connectivity index (χ0v) is 5.89. The number of unbranched alkanes of at least 4 members (excludes halogenated alkanes) is 1. The molecule has 0 aromatic rings. The van der Waals surface area contributed by atoms with Crippen LogP contribution in [0.2, 0.25) is 0 Å². The number of carbonyl (C=O) groups is 2. The number of carboxylic acid groups (broad SMARTS) is 1. The van der Waals surface area contributed by atoms with Gasteiger partial charge in [0.15, 0.2) is 0 Å². The Morgan fingerprint density at radius 3 is 2.50 bits per heavy atom. The Balaban J connectivity index is 3.31. The van der Waals surface area contributed by atoms with E-state index < -0.39 is 11.9 Å². The second-order valence-corrected chi connectivity index (χ2v) is 1.91. The van der Waals surface area contributed by atoms with E-state index in [4.69, 9.17) is 5.11 Å². The highest BCUT2D eigenvalue weighted by Crippen LogP contribution is 1.81. The van der Waals surface area contributed by atoms with Gasteiger partial charge in [-0.3, -0.25) is 4.79 Å². The van der Waals surface area contributed by atoms with Gasteiger partial charge in [0, 0.05) is 6.54 Å². The monoisotopic (exact) mass is 145 g/mol. The molecule has 58 valence electrons. The molecule has 0 aliphatic heterocycles. The number of hydrogen-bond acceptors (Lipinski definition) is 2. The summed E-state index contributed by atoms with van der Waals surface area (Å²) in [5, 5.41) is 10.3. The molecule has 0 saturated heterocycles. The standard InChI is InChI=1S/C6H11NO3/c1-2-3-4-7-5(8)6(9)10/h2-4H2,1H3,(H,7,8)(H,9,10). The van der Waals surface area contributed by atoms with Crippen LogP contribution in [0.4, 0.5) is 0 Å². The van der Waals surface area contributed by atoms with Crippen LogP contribution in [0.25, 0.3) is 0 Å². The zero-order chi connectivity index (χ0) is 7.98. The molecule has 0 bridgehead atoms. The predicted molar refractivity (Wildman–Crippen MR) is 35.6 cm³/mol. The second-order valence-electron chi connectivity index (χ2n) is 1.91. The van der Waals surface area contributed by atoms with E-state index in [1.54, 1.807) is 0 Å².